The fourth-order valence-electron chi connectivity index (χ4n) is 3.10. The third-order valence-corrected chi connectivity index (χ3v) is 4.51. The minimum absolute atomic E-state index is 0.204. The van der Waals surface area contributed by atoms with E-state index in [0.29, 0.717) is 44.7 Å². The first-order chi connectivity index (χ1) is 13.7. The molecule has 0 amide bonds. The van der Waals surface area contributed by atoms with E-state index in [4.69, 9.17) is 0 Å². The molecule has 0 radical (unpaired) electrons. The van der Waals surface area contributed by atoms with Gasteiger partial charge in [0.25, 0.3) is 11.1 Å². The normalized spacial score (nSPS) is 11.1. The Morgan fingerprint density at radius 2 is 1.21 bits per heavy atom. The predicted molar refractivity (Wildman–Crippen MR) is 107 cm³/mol. The Bertz CT molecular complexity index is 1340. The van der Waals surface area contributed by atoms with Crippen molar-refractivity contribution >= 4 is 21.8 Å². The highest BCUT2D eigenvalue weighted by atomic mass is 16.1. The Morgan fingerprint density at radius 1 is 0.643 bits per heavy atom. The Labute approximate surface area is 157 Å². The van der Waals surface area contributed by atoms with Gasteiger partial charge in [0.1, 0.15) is 11.5 Å². The molecule has 0 saturated carbocycles. The van der Waals surface area contributed by atoms with Crippen LogP contribution in [-0.4, -0.2) is 24.9 Å². The number of aromatic amines is 2. The topological polar surface area (TPSA) is 104 Å². The van der Waals surface area contributed by atoms with Gasteiger partial charge in [-0.15, -0.1) is 0 Å². The van der Waals surface area contributed by atoms with Crippen molar-refractivity contribution in [2.24, 2.45) is 0 Å². The summed E-state index contributed by atoms with van der Waals surface area (Å²) in [4.78, 5) is 43.4. The Hall–Kier alpha value is -4.13. The number of hydrogen-bond donors (Lipinski definition) is 2. The minimum atomic E-state index is -0.216. The van der Waals surface area contributed by atoms with E-state index < -0.39 is 0 Å². The van der Waals surface area contributed by atoms with Crippen molar-refractivity contribution in [3.8, 4) is 22.9 Å². The monoisotopic (exact) mass is 367 g/mol. The molecule has 0 atom stereocenters. The van der Waals surface area contributed by atoms with Crippen molar-refractivity contribution in [1.29, 1.82) is 0 Å². The van der Waals surface area contributed by atoms with Crippen LogP contribution in [0.15, 0.2) is 76.4 Å². The number of hydrogen-bond acceptors (Lipinski definition) is 5. The number of aromatic nitrogens is 5. The van der Waals surface area contributed by atoms with Crippen LogP contribution in [0.25, 0.3) is 44.7 Å². The summed E-state index contributed by atoms with van der Waals surface area (Å²) in [7, 11) is 0. The first kappa shape index (κ1) is 16.1. The van der Waals surface area contributed by atoms with Crippen molar-refractivity contribution in [2.45, 2.75) is 0 Å². The van der Waals surface area contributed by atoms with E-state index in [9.17, 15) is 9.59 Å². The molecule has 5 rings (SSSR count). The second kappa shape index (κ2) is 6.24. The van der Waals surface area contributed by atoms with Crippen molar-refractivity contribution in [2.75, 3.05) is 0 Å². The van der Waals surface area contributed by atoms with Crippen molar-refractivity contribution in [3.05, 3.63) is 87.6 Å². The van der Waals surface area contributed by atoms with Gasteiger partial charge in [-0.1, -0.05) is 24.3 Å². The molecule has 0 bridgehead atoms. The van der Waals surface area contributed by atoms with Gasteiger partial charge < -0.3 is 9.97 Å². The summed E-state index contributed by atoms with van der Waals surface area (Å²) in [5.41, 5.74) is 1.99. The van der Waals surface area contributed by atoms with Crippen LogP contribution in [0.5, 0.6) is 0 Å². The molecule has 0 spiro atoms. The molecule has 28 heavy (non-hydrogen) atoms. The van der Waals surface area contributed by atoms with Crippen LogP contribution in [0.3, 0.4) is 0 Å². The lowest BCUT2D eigenvalue weighted by molar-refractivity contribution is 1.13. The summed E-state index contributed by atoms with van der Waals surface area (Å²) in [5, 5.41) is 1.06. The Balaban J connectivity index is 1.58. The van der Waals surface area contributed by atoms with Gasteiger partial charge >= 0.3 is 0 Å². The zero-order chi connectivity index (χ0) is 19.1. The Kier molecular flexibility index (Phi) is 3.58. The molecule has 3 aromatic heterocycles. The van der Waals surface area contributed by atoms with Gasteiger partial charge in [-0.3, -0.25) is 14.6 Å². The number of rotatable bonds is 2. The molecule has 2 N–H and O–H groups in total. The minimum Gasteiger partial charge on any atom is -0.306 e. The van der Waals surface area contributed by atoms with Gasteiger partial charge in [0.2, 0.25) is 0 Å². The molecule has 7 heteroatoms. The SMILES string of the molecule is O=c1[nH]c(-c2ccc(-c3nc4ccccc4c(=O)[nH]3)nc2)nc2ccccc12. The lowest BCUT2D eigenvalue weighted by atomic mass is 10.2. The number of pyridine rings is 1. The zero-order valence-corrected chi connectivity index (χ0v) is 14.5. The number of nitrogens with one attached hydrogen (secondary N) is 2. The standard InChI is InChI=1S/C21H13N5O2/c27-20-13-5-1-3-7-15(13)23-18(25-20)12-9-10-17(22-11-12)19-24-16-8-4-2-6-14(16)21(28)26-19/h1-11H,(H,23,25,27)(H,24,26,28). The highest BCUT2D eigenvalue weighted by molar-refractivity contribution is 5.80. The van der Waals surface area contributed by atoms with Gasteiger partial charge in [0.15, 0.2) is 5.82 Å². The first-order valence-corrected chi connectivity index (χ1v) is 8.64. The summed E-state index contributed by atoms with van der Waals surface area (Å²) < 4.78 is 0. The largest absolute Gasteiger partial charge is 0.306 e. The van der Waals surface area contributed by atoms with Crippen molar-refractivity contribution in [1.82, 2.24) is 24.9 Å². The maximum Gasteiger partial charge on any atom is 0.259 e. The lowest BCUT2D eigenvalue weighted by Crippen LogP contribution is -2.10. The molecule has 3 heterocycles. The van der Waals surface area contributed by atoms with Crippen LogP contribution >= 0.6 is 0 Å². The van der Waals surface area contributed by atoms with Gasteiger partial charge in [-0.2, -0.15) is 0 Å². The van der Waals surface area contributed by atoms with E-state index >= 15 is 0 Å². The average Bonchev–Trinajstić information content (AvgIpc) is 2.74. The zero-order valence-electron chi connectivity index (χ0n) is 14.5. The lowest BCUT2D eigenvalue weighted by Gasteiger charge is -2.05. The number of fused-ring (bicyclic) bond motifs is 2. The number of H-pyrrole nitrogens is 2. The summed E-state index contributed by atoms with van der Waals surface area (Å²) in [6.45, 7) is 0. The third-order valence-electron chi connectivity index (χ3n) is 4.51. The number of benzene rings is 2. The highest BCUT2D eigenvalue weighted by Crippen LogP contribution is 2.19. The Morgan fingerprint density at radius 3 is 1.82 bits per heavy atom. The molecule has 5 aromatic rings. The highest BCUT2D eigenvalue weighted by Gasteiger charge is 2.09. The molecule has 0 aliphatic heterocycles. The average molecular weight is 367 g/mol. The summed E-state index contributed by atoms with van der Waals surface area (Å²) in [5.74, 6) is 0.818. The summed E-state index contributed by atoms with van der Waals surface area (Å²) >= 11 is 0. The molecular weight excluding hydrogens is 354 g/mol. The fraction of sp³-hybridized carbons (Fsp3) is 0. The summed E-state index contributed by atoms with van der Waals surface area (Å²) in [6.07, 6.45) is 1.59. The van der Waals surface area contributed by atoms with E-state index in [1.807, 2.05) is 12.1 Å². The maximum absolute atomic E-state index is 12.3. The van der Waals surface area contributed by atoms with Gasteiger partial charge in [0, 0.05) is 11.8 Å². The van der Waals surface area contributed by atoms with E-state index in [-0.39, 0.29) is 11.1 Å². The third kappa shape index (κ3) is 2.66. The second-order valence-electron chi connectivity index (χ2n) is 6.30. The molecule has 0 aliphatic carbocycles. The van der Waals surface area contributed by atoms with Crippen LogP contribution < -0.4 is 11.1 Å². The van der Waals surface area contributed by atoms with Crippen LogP contribution in [-0.2, 0) is 0 Å². The van der Waals surface area contributed by atoms with E-state index in [1.165, 1.54) is 0 Å². The molecule has 0 aliphatic rings. The van der Waals surface area contributed by atoms with E-state index in [2.05, 4.69) is 24.9 Å². The molecule has 2 aromatic carbocycles. The summed E-state index contributed by atoms with van der Waals surface area (Å²) in [6, 6.07) is 17.8. The number of para-hydroxylation sites is 2. The molecule has 0 fully saturated rings. The van der Waals surface area contributed by atoms with Gasteiger partial charge in [-0.25, -0.2) is 9.97 Å². The van der Waals surface area contributed by atoms with E-state index in [0.717, 1.165) is 0 Å². The van der Waals surface area contributed by atoms with Crippen molar-refractivity contribution < 1.29 is 0 Å². The fourth-order valence-corrected chi connectivity index (χ4v) is 3.10. The molecule has 0 saturated heterocycles. The molecular formula is C21H13N5O2. The molecule has 7 nitrogen and oxygen atoms in total. The van der Waals surface area contributed by atoms with E-state index in [1.54, 1.807) is 54.7 Å². The quantitative estimate of drug-likeness (QED) is 0.499. The van der Waals surface area contributed by atoms with Crippen molar-refractivity contribution in [3.63, 3.8) is 0 Å². The first-order valence-electron chi connectivity index (χ1n) is 8.64. The smallest absolute Gasteiger partial charge is 0.259 e. The van der Waals surface area contributed by atoms with Crippen LogP contribution in [0.1, 0.15) is 0 Å². The number of nitrogens with zero attached hydrogens (tertiary/aromatic N) is 3. The van der Waals surface area contributed by atoms with Crippen LogP contribution in [0, 0.1) is 0 Å². The second-order valence-corrected chi connectivity index (χ2v) is 6.30. The predicted octanol–water partition coefficient (Wildman–Crippen LogP) is 2.89. The van der Waals surface area contributed by atoms with Gasteiger partial charge in [0.05, 0.1) is 21.8 Å². The van der Waals surface area contributed by atoms with Gasteiger partial charge in [-0.05, 0) is 36.4 Å². The maximum atomic E-state index is 12.3. The molecule has 134 valence electrons. The molecule has 0 unspecified atom stereocenters. The van der Waals surface area contributed by atoms with Crippen LogP contribution in [0.4, 0.5) is 0 Å². The van der Waals surface area contributed by atoms with Crippen LogP contribution in [0.2, 0.25) is 0 Å².